The topological polar surface area (TPSA) is 72.8 Å². The first-order chi connectivity index (χ1) is 17.0. The highest BCUT2D eigenvalue weighted by molar-refractivity contribution is 5.89. The number of hydrogen-bond donors (Lipinski definition) is 3. The molecule has 1 aliphatic rings. The maximum atomic E-state index is 11.2. The number of carboxylic acid groups (broad SMARTS) is 1. The quantitative estimate of drug-likeness (QED) is 0.401. The molecule has 0 amide bonds. The molecule has 0 aliphatic carbocycles. The van der Waals surface area contributed by atoms with Crippen molar-refractivity contribution in [1.82, 2.24) is 10.2 Å². The third-order valence-corrected chi connectivity index (χ3v) is 4.77. The van der Waals surface area contributed by atoms with Crippen molar-refractivity contribution < 1.29 is 28.2 Å². The first kappa shape index (κ1) is 32.7. The number of aromatic carboxylic acids is 1. The number of aliphatic hydroxyl groups is 1. The molecule has 0 radical (unpaired) electrons. The molecular formula is C28H37F3N2O3. The first-order valence-corrected chi connectivity index (χ1v) is 11.6. The Labute approximate surface area is 212 Å². The van der Waals surface area contributed by atoms with Crippen LogP contribution in [-0.4, -0.2) is 47.5 Å². The van der Waals surface area contributed by atoms with E-state index in [1.54, 1.807) is 25.1 Å². The van der Waals surface area contributed by atoms with Gasteiger partial charge in [-0.15, -0.1) is 0 Å². The summed E-state index contributed by atoms with van der Waals surface area (Å²) in [6.07, 6.45) is 7.84. The summed E-state index contributed by atoms with van der Waals surface area (Å²) in [5.41, 5.74) is 4.45. The average molecular weight is 507 g/mol. The van der Waals surface area contributed by atoms with Crippen LogP contribution in [0.5, 0.6) is 0 Å². The molecular weight excluding hydrogens is 469 g/mol. The summed E-state index contributed by atoms with van der Waals surface area (Å²) in [5, 5.41) is 19.7. The van der Waals surface area contributed by atoms with Crippen LogP contribution in [0.4, 0.5) is 13.2 Å². The van der Waals surface area contributed by atoms with Gasteiger partial charge in [0.2, 0.25) is 0 Å². The third kappa shape index (κ3) is 14.2. The number of carbonyl (C=O) groups is 1. The number of hydrogen-bond acceptors (Lipinski definition) is 4. The molecule has 0 bridgehead atoms. The van der Waals surface area contributed by atoms with Crippen LogP contribution in [-0.2, 0) is 0 Å². The van der Waals surface area contributed by atoms with Gasteiger partial charge in [0, 0.05) is 29.7 Å². The summed E-state index contributed by atoms with van der Waals surface area (Å²) in [5.74, 6) is 4.75. The molecule has 0 unspecified atom stereocenters. The largest absolute Gasteiger partial charge is 0.478 e. The number of nitrogens with one attached hydrogen (secondary N) is 1. The molecule has 5 nitrogen and oxygen atoms in total. The molecule has 36 heavy (non-hydrogen) atoms. The van der Waals surface area contributed by atoms with Gasteiger partial charge in [-0.1, -0.05) is 55.5 Å². The Kier molecular flexibility index (Phi) is 16.4. The molecule has 0 atom stereocenters. The van der Waals surface area contributed by atoms with Crippen LogP contribution >= 0.6 is 0 Å². The lowest BCUT2D eigenvalue weighted by Gasteiger charge is -2.25. The number of halogens is 3. The number of benzene rings is 1. The van der Waals surface area contributed by atoms with Crippen molar-refractivity contribution in [3.63, 3.8) is 0 Å². The predicted octanol–water partition coefficient (Wildman–Crippen LogP) is 6.20. The minimum absolute atomic E-state index is 0.00347. The minimum Gasteiger partial charge on any atom is -0.478 e. The molecule has 0 fully saturated rings. The number of alkyl halides is 3. The minimum atomic E-state index is -4.01. The van der Waals surface area contributed by atoms with Crippen molar-refractivity contribution in [3.05, 3.63) is 82.9 Å². The highest BCUT2D eigenvalue weighted by Crippen LogP contribution is 2.22. The highest BCUT2D eigenvalue weighted by Gasteiger charge is 2.25. The van der Waals surface area contributed by atoms with E-state index in [1.165, 1.54) is 18.4 Å². The lowest BCUT2D eigenvalue weighted by atomic mass is 10.1. The van der Waals surface area contributed by atoms with Gasteiger partial charge in [-0.25, -0.2) is 4.79 Å². The molecule has 1 aliphatic heterocycles. The van der Waals surface area contributed by atoms with Gasteiger partial charge in [0.15, 0.2) is 0 Å². The molecule has 0 saturated heterocycles. The van der Waals surface area contributed by atoms with E-state index in [0.29, 0.717) is 5.56 Å². The number of aryl methyl sites for hydroxylation is 1. The molecule has 1 heterocycles. The van der Waals surface area contributed by atoms with Crippen molar-refractivity contribution >= 4 is 5.97 Å². The van der Waals surface area contributed by atoms with Gasteiger partial charge in [0.1, 0.15) is 6.61 Å². The Hall–Kier alpha value is -3.28. The maximum absolute atomic E-state index is 11.2. The van der Waals surface area contributed by atoms with Gasteiger partial charge >= 0.3 is 12.1 Å². The monoisotopic (exact) mass is 506 g/mol. The van der Waals surface area contributed by atoms with E-state index in [-0.39, 0.29) is 13.2 Å². The fraction of sp³-hybridized carbons (Fsp3) is 0.393. The van der Waals surface area contributed by atoms with Crippen LogP contribution in [0.2, 0.25) is 0 Å². The van der Waals surface area contributed by atoms with Gasteiger partial charge in [-0.3, -0.25) is 0 Å². The number of nitrogens with zero attached hydrogens (tertiary/aromatic N) is 1. The van der Waals surface area contributed by atoms with Crippen LogP contribution in [0.1, 0.15) is 56.0 Å². The summed E-state index contributed by atoms with van der Waals surface area (Å²) in [6.45, 7) is 7.95. The second kappa shape index (κ2) is 18.1. The molecule has 2 rings (SSSR count). The molecule has 1 aromatic carbocycles. The van der Waals surface area contributed by atoms with Crippen LogP contribution in [0.3, 0.4) is 0 Å². The second-order valence-corrected chi connectivity index (χ2v) is 7.68. The molecule has 1 aromatic rings. The Morgan fingerprint density at radius 3 is 2.33 bits per heavy atom. The maximum Gasteiger partial charge on any atom is 0.390 e. The number of aliphatic hydroxyl groups excluding tert-OH is 1. The molecule has 0 saturated carbocycles. The zero-order valence-electron chi connectivity index (χ0n) is 21.6. The van der Waals surface area contributed by atoms with E-state index < -0.39 is 18.6 Å². The van der Waals surface area contributed by atoms with E-state index in [9.17, 15) is 18.0 Å². The number of rotatable bonds is 6. The SMILES string of the molecule is C/C=C(/C)N1C=C(C#CCO)C=C/C1=C\CCC.CNCCC(F)(F)F.Cc1ccccc1C(=O)O. The summed E-state index contributed by atoms with van der Waals surface area (Å²) in [7, 11) is 1.49. The van der Waals surface area contributed by atoms with Crippen molar-refractivity contribution in [2.75, 3.05) is 20.2 Å². The first-order valence-electron chi connectivity index (χ1n) is 11.6. The fourth-order valence-electron chi connectivity index (χ4n) is 2.71. The zero-order valence-corrected chi connectivity index (χ0v) is 21.6. The van der Waals surface area contributed by atoms with Crippen molar-refractivity contribution in [2.24, 2.45) is 0 Å². The van der Waals surface area contributed by atoms with E-state index in [2.05, 4.69) is 54.1 Å². The Morgan fingerprint density at radius 1 is 1.22 bits per heavy atom. The molecule has 198 valence electrons. The lowest BCUT2D eigenvalue weighted by Crippen LogP contribution is -2.17. The van der Waals surface area contributed by atoms with Crippen LogP contribution < -0.4 is 5.32 Å². The second-order valence-electron chi connectivity index (χ2n) is 7.68. The molecule has 8 heteroatoms. The summed E-state index contributed by atoms with van der Waals surface area (Å²) < 4.78 is 33.6. The van der Waals surface area contributed by atoms with Crippen LogP contribution in [0.15, 0.2) is 71.7 Å². The van der Waals surface area contributed by atoms with Gasteiger partial charge in [0.25, 0.3) is 0 Å². The standard InChI is InChI=1S/C16H21NO.C8H8O2.C4H8F3N/c1-4-6-9-16-11-10-15(8-7-12-18)13-17(16)14(3)5-2;1-6-4-2-3-5-7(6)8(9)10;1-8-3-2-4(5,6)7/h5,9-11,13,18H,4,6,12H2,1-3H3;2-5H,1H3,(H,9,10);8H,2-3H2,1H3/b14-5-,16-9+;;. The molecule has 3 N–H and O–H groups in total. The number of unbranched alkanes of at least 4 members (excludes halogenated alkanes) is 1. The summed E-state index contributed by atoms with van der Waals surface area (Å²) in [4.78, 5) is 12.6. The smallest absolute Gasteiger partial charge is 0.390 e. The van der Waals surface area contributed by atoms with Crippen molar-refractivity contribution in [2.45, 2.75) is 53.1 Å². The van der Waals surface area contributed by atoms with E-state index >= 15 is 0 Å². The third-order valence-electron chi connectivity index (χ3n) is 4.77. The highest BCUT2D eigenvalue weighted by atomic mass is 19.4. The normalized spacial score (nSPS) is 14.0. The average Bonchev–Trinajstić information content (AvgIpc) is 2.85. The van der Waals surface area contributed by atoms with Gasteiger partial charge in [-0.2, -0.15) is 13.2 Å². The Balaban J connectivity index is 0.000000572. The van der Waals surface area contributed by atoms with E-state index in [4.69, 9.17) is 10.2 Å². The van der Waals surface area contributed by atoms with Gasteiger partial charge < -0.3 is 20.4 Å². The Bertz CT molecular complexity index is 997. The van der Waals surface area contributed by atoms with E-state index in [1.807, 2.05) is 25.3 Å². The fourth-order valence-corrected chi connectivity index (χ4v) is 2.71. The molecule has 0 aromatic heterocycles. The zero-order chi connectivity index (χ0) is 27.6. The number of allylic oxidation sites excluding steroid dienone is 6. The summed E-state index contributed by atoms with van der Waals surface area (Å²) in [6, 6.07) is 6.92. The van der Waals surface area contributed by atoms with E-state index in [0.717, 1.165) is 24.0 Å². The van der Waals surface area contributed by atoms with Crippen LogP contribution in [0, 0.1) is 18.8 Å². The number of carboxylic acids is 1. The van der Waals surface area contributed by atoms with Crippen LogP contribution in [0.25, 0.3) is 0 Å². The van der Waals surface area contributed by atoms with Crippen molar-refractivity contribution in [1.29, 1.82) is 0 Å². The lowest BCUT2D eigenvalue weighted by molar-refractivity contribution is -0.133. The van der Waals surface area contributed by atoms with Gasteiger partial charge in [0.05, 0.1) is 12.0 Å². The van der Waals surface area contributed by atoms with Gasteiger partial charge in [-0.05, 0) is 58.0 Å². The Morgan fingerprint density at radius 2 is 1.89 bits per heavy atom. The summed E-state index contributed by atoms with van der Waals surface area (Å²) >= 11 is 0. The predicted molar refractivity (Wildman–Crippen MR) is 139 cm³/mol. The molecule has 0 spiro atoms. The van der Waals surface area contributed by atoms with Crippen molar-refractivity contribution in [3.8, 4) is 11.8 Å².